The minimum Gasteiger partial charge on any atom is -0.493 e. The van der Waals surface area contributed by atoms with Crippen molar-refractivity contribution in [1.29, 1.82) is 0 Å². The van der Waals surface area contributed by atoms with Crippen LogP contribution in [0, 0.1) is 6.92 Å². The Morgan fingerprint density at radius 1 is 1.03 bits per heavy atom. The van der Waals surface area contributed by atoms with E-state index in [1.807, 2.05) is 19.1 Å². The number of ether oxygens (including phenoxy) is 3. The van der Waals surface area contributed by atoms with Crippen LogP contribution in [0.4, 0.5) is 5.69 Å². The molecule has 31 heavy (non-hydrogen) atoms. The van der Waals surface area contributed by atoms with Gasteiger partial charge in [-0.05, 0) is 62.6 Å². The lowest BCUT2D eigenvalue weighted by Crippen LogP contribution is -2.28. The number of aryl methyl sites for hydroxylation is 1. The number of carbonyl (C=O) groups is 1. The first-order chi connectivity index (χ1) is 14.8. The molecule has 1 aliphatic heterocycles. The molecule has 2 aromatic rings. The van der Waals surface area contributed by atoms with Crippen molar-refractivity contribution in [3.05, 3.63) is 42.0 Å². The van der Waals surface area contributed by atoms with E-state index in [1.165, 1.54) is 17.5 Å². The van der Waals surface area contributed by atoms with E-state index in [-0.39, 0.29) is 17.3 Å². The van der Waals surface area contributed by atoms with E-state index in [0.717, 1.165) is 18.4 Å². The molecule has 0 bridgehead atoms. The minimum absolute atomic E-state index is 0.0511. The molecule has 3 rings (SSSR count). The molecule has 1 aliphatic rings. The SMILES string of the molecule is CCOc1ccc(NC(=O)COc2ccc(C)cc2OC)cc1S(=O)(=O)N1CCCC1. The van der Waals surface area contributed by atoms with Gasteiger partial charge in [-0.25, -0.2) is 8.42 Å². The molecule has 0 aliphatic carbocycles. The minimum atomic E-state index is -3.71. The van der Waals surface area contributed by atoms with Gasteiger partial charge in [0.05, 0.1) is 13.7 Å². The van der Waals surface area contributed by atoms with Crippen molar-refractivity contribution in [2.45, 2.75) is 31.6 Å². The van der Waals surface area contributed by atoms with Crippen LogP contribution in [-0.2, 0) is 14.8 Å². The molecule has 2 aromatic carbocycles. The monoisotopic (exact) mass is 448 g/mol. The van der Waals surface area contributed by atoms with E-state index >= 15 is 0 Å². The van der Waals surface area contributed by atoms with Crippen molar-refractivity contribution in [2.75, 3.05) is 38.7 Å². The second-order valence-electron chi connectivity index (χ2n) is 7.20. The maximum absolute atomic E-state index is 13.1. The molecule has 0 unspecified atom stereocenters. The molecule has 0 saturated carbocycles. The van der Waals surface area contributed by atoms with Crippen LogP contribution in [0.2, 0.25) is 0 Å². The van der Waals surface area contributed by atoms with Crippen LogP contribution in [0.25, 0.3) is 0 Å². The van der Waals surface area contributed by atoms with Crippen molar-refractivity contribution in [3.63, 3.8) is 0 Å². The predicted octanol–water partition coefficient (Wildman–Crippen LogP) is 3.20. The zero-order valence-electron chi connectivity index (χ0n) is 18.0. The Bertz CT molecular complexity index is 1030. The number of benzene rings is 2. The summed E-state index contributed by atoms with van der Waals surface area (Å²) >= 11 is 0. The Morgan fingerprint density at radius 2 is 1.74 bits per heavy atom. The van der Waals surface area contributed by atoms with Crippen LogP contribution >= 0.6 is 0 Å². The lowest BCUT2D eigenvalue weighted by molar-refractivity contribution is -0.118. The fourth-order valence-electron chi connectivity index (χ4n) is 3.36. The van der Waals surface area contributed by atoms with Crippen molar-refractivity contribution in [2.24, 2.45) is 0 Å². The molecule has 9 heteroatoms. The Balaban J connectivity index is 1.75. The first-order valence-electron chi connectivity index (χ1n) is 10.2. The third kappa shape index (κ3) is 5.48. The van der Waals surface area contributed by atoms with Crippen LogP contribution in [0.1, 0.15) is 25.3 Å². The molecule has 1 saturated heterocycles. The fourth-order valence-corrected chi connectivity index (χ4v) is 5.04. The van der Waals surface area contributed by atoms with E-state index in [1.54, 1.807) is 25.1 Å². The number of nitrogens with zero attached hydrogens (tertiary/aromatic N) is 1. The molecule has 0 radical (unpaired) electrons. The molecule has 1 heterocycles. The van der Waals surface area contributed by atoms with Gasteiger partial charge in [0, 0.05) is 18.8 Å². The predicted molar refractivity (Wildman–Crippen MR) is 117 cm³/mol. The van der Waals surface area contributed by atoms with Gasteiger partial charge in [-0.2, -0.15) is 4.31 Å². The first kappa shape index (κ1) is 22.9. The molecular formula is C22H28N2O6S. The smallest absolute Gasteiger partial charge is 0.262 e. The normalized spacial score (nSPS) is 14.3. The summed E-state index contributed by atoms with van der Waals surface area (Å²) in [6.07, 6.45) is 1.67. The van der Waals surface area contributed by atoms with Crippen LogP contribution in [0.15, 0.2) is 41.3 Å². The van der Waals surface area contributed by atoms with Crippen LogP contribution in [0.5, 0.6) is 17.2 Å². The van der Waals surface area contributed by atoms with Crippen molar-refractivity contribution in [3.8, 4) is 17.2 Å². The first-order valence-corrected chi connectivity index (χ1v) is 11.6. The van der Waals surface area contributed by atoms with Gasteiger partial charge >= 0.3 is 0 Å². The summed E-state index contributed by atoms with van der Waals surface area (Å²) in [5.41, 5.74) is 1.36. The number of methoxy groups -OCH3 is 1. The Hall–Kier alpha value is -2.78. The second kappa shape index (κ2) is 10.0. The van der Waals surface area contributed by atoms with Crippen molar-refractivity contribution >= 4 is 21.6 Å². The number of amides is 1. The Morgan fingerprint density at radius 3 is 2.42 bits per heavy atom. The lowest BCUT2D eigenvalue weighted by Gasteiger charge is -2.19. The summed E-state index contributed by atoms with van der Waals surface area (Å²) < 4.78 is 44.0. The summed E-state index contributed by atoms with van der Waals surface area (Å²) in [7, 11) is -2.18. The molecule has 0 aromatic heterocycles. The highest BCUT2D eigenvalue weighted by molar-refractivity contribution is 7.89. The van der Waals surface area contributed by atoms with Gasteiger partial charge < -0.3 is 19.5 Å². The topological polar surface area (TPSA) is 94.2 Å². The highest BCUT2D eigenvalue weighted by atomic mass is 32.2. The average Bonchev–Trinajstić information content (AvgIpc) is 3.30. The van der Waals surface area contributed by atoms with Crippen LogP contribution in [-0.4, -0.2) is 52.0 Å². The number of nitrogens with one attached hydrogen (secondary N) is 1. The zero-order chi connectivity index (χ0) is 22.4. The summed E-state index contributed by atoms with van der Waals surface area (Å²) in [5.74, 6) is 0.837. The second-order valence-corrected chi connectivity index (χ2v) is 9.10. The quantitative estimate of drug-likeness (QED) is 0.633. The zero-order valence-corrected chi connectivity index (χ0v) is 18.8. The van der Waals surface area contributed by atoms with Crippen molar-refractivity contribution < 1.29 is 27.4 Å². The third-order valence-electron chi connectivity index (χ3n) is 4.89. The number of sulfonamides is 1. The lowest BCUT2D eigenvalue weighted by atomic mass is 10.2. The van der Waals surface area contributed by atoms with Gasteiger partial charge in [-0.3, -0.25) is 4.79 Å². The average molecular weight is 449 g/mol. The summed E-state index contributed by atoms with van der Waals surface area (Å²) in [5, 5.41) is 2.69. The molecule has 0 spiro atoms. The van der Waals surface area contributed by atoms with E-state index < -0.39 is 15.9 Å². The summed E-state index contributed by atoms with van der Waals surface area (Å²) in [4.78, 5) is 12.5. The molecular weight excluding hydrogens is 420 g/mol. The third-order valence-corrected chi connectivity index (χ3v) is 6.81. The highest BCUT2D eigenvalue weighted by Gasteiger charge is 2.30. The highest BCUT2D eigenvalue weighted by Crippen LogP contribution is 2.32. The summed E-state index contributed by atoms with van der Waals surface area (Å²) in [6, 6.07) is 10.0. The van der Waals surface area contributed by atoms with Gasteiger partial charge in [0.25, 0.3) is 5.91 Å². The molecule has 1 fully saturated rings. The number of hydrogen-bond donors (Lipinski definition) is 1. The van der Waals surface area contributed by atoms with Gasteiger partial charge in [-0.1, -0.05) is 6.07 Å². The van der Waals surface area contributed by atoms with Crippen LogP contribution < -0.4 is 19.5 Å². The Labute approximate surface area is 183 Å². The fraction of sp³-hybridized carbons (Fsp3) is 0.409. The van der Waals surface area contributed by atoms with E-state index in [4.69, 9.17) is 14.2 Å². The standard InChI is InChI=1S/C22H28N2O6S/c1-4-29-19-10-8-17(14-21(19)31(26,27)24-11-5-6-12-24)23-22(25)15-30-18-9-7-16(2)13-20(18)28-3/h7-10,13-14H,4-6,11-12,15H2,1-3H3,(H,23,25). The molecule has 1 N–H and O–H groups in total. The molecule has 168 valence electrons. The van der Waals surface area contributed by atoms with Gasteiger partial charge in [0.1, 0.15) is 10.6 Å². The summed E-state index contributed by atoms with van der Waals surface area (Å²) in [6.45, 7) is 4.77. The van der Waals surface area contributed by atoms with Crippen molar-refractivity contribution in [1.82, 2.24) is 4.31 Å². The van der Waals surface area contributed by atoms with Gasteiger partial charge in [0.15, 0.2) is 18.1 Å². The van der Waals surface area contributed by atoms with E-state index in [9.17, 15) is 13.2 Å². The molecule has 1 amide bonds. The van der Waals surface area contributed by atoms with Crippen LogP contribution in [0.3, 0.4) is 0 Å². The van der Waals surface area contributed by atoms with Gasteiger partial charge in [0.2, 0.25) is 10.0 Å². The Kier molecular flexibility index (Phi) is 7.40. The molecule has 8 nitrogen and oxygen atoms in total. The molecule has 0 atom stereocenters. The number of carbonyl (C=O) groups excluding carboxylic acids is 1. The van der Waals surface area contributed by atoms with Gasteiger partial charge in [-0.15, -0.1) is 0 Å². The van der Waals surface area contributed by atoms with E-state index in [0.29, 0.717) is 36.9 Å². The number of anilines is 1. The largest absolute Gasteiger partial charge is 0.493 e. The maximum Gasteiger partial charge on any atom is 0.262 e. The number of rotatable bonds is 9. The maximum atomic E-state index is 13.1. The number of hydrogen-bond acceptors (Lipinski definition) is 6. The van der Waals surface area contributed by atoms with E-state index in [2.05, 4.69) is 5.32 Å².